The summed E-state index contributed by atoms with van der Waals surface area (Å²) < 4.78 is 2.59. The Balaban J connectivity index is 1.14. The molecule has 252 valence electrons. The van der Waals surface area contributed by atoms with Gasteiger partial charge in [0.2, 0.25) is 0 Å². The van der Waals surface area contributed by atoms with Crippen LogP contribution in [0.5, 0.6) is 0 Å². The van der Waals surface area contributed by atoms with E-state index in [1.54, 1.807) is 0 Å². The minimum Gasteiger partial charge on any atom is -0.309 e. The minimum atomic E-state index is 1.12. The molecule has 11 aromatic rings. The summed E-state index contributed by atoms with van der Waals surface area (Å²) in [6.07, 6.45) is 0. The molecular weight excluding hydrogens is 671 g/mol. The molecule has 0 atom stereocenters. The highest BCUT2D eigenvalue weighted by molar-refractivity contribution is 7.26. The lowest BCUT2D eigenvalue weighted by atomic mass is 9.90. The molecule has 11 rings (SSSR count). The second-order valence-electron chi connectivity index (χ2n) is 14.1. The Kier molecular flexibility index (Phi) is 7.11. The first-order valence-corrected chi connectivity index (χ1v) is 19.3. The highest BCUT2D eigenvalue weighted by Gasteiger charge is 2.21. The standard InChI is InChI=1S/C52H33NS/c1-2-12-34(13-3-1)35-22-27-40(28-23-35)53(48-33-39-16-6-9-19-44(39)51-46-20-10-11-21-49(46)54-52(48)51)41-29-24-37(25-30-41)47-32-38-15-5-7-17-42(38)45-31-26-36-14-4-8-18-43(36)50(45)47/h1-33H. The lowest BCUT2D eigenvalue weighted by molar-refractivity contribution is 1.30. The van der Waals surface area contributed by atoms with Crippen molar-refractivity contribution in [3.8, 4) is 22.3 Å². The molecule has 0 fully saturated rings. The van der Waals surface area contributed by atoms with Crippen molar-refractivity contribution < 1.29 is 0 Å². The number of benzene rings is 10. The predicted octanol–water partition coefficient (Wildman–Crippen LogP) is 15.5. The van der Waals surface area contributed by atoms with Gasteiger partial charge in [-0.15, -0.1) is 11.3 Å². The maximum atomic E-state index is 2.45. The van der Waals surface area contributed by atoms with E-state index in [1.807, 2.05) is 11.3 Å². The van der Waals surface area contributed by atoms with Gasteiger partial charge in [0.05, 0.1) is 10.4 Å². The molecular formula is C52H33NS. The first-order chi connectivity index (χ1) is 26.8. The van der Waals surface area contributed by atoms with Gasteiger partial charge < -0.3 is 4.90 Å². The molecule has 54 heavy (non-hydrogen) atoms. The topological polar surface area (TPSA) is 3.24 Å². The number of nitrogens with zero attached hydrogens (tertiary/aromatic N) is 1. The number of thiophene rings is 1. The number of hydrogen-bond donors (Lipinski definition) is 0. The molecule has 1 heterocycles. The number of rotatable bonds is 5. The van der Waals surface area contributed by atoms with Crippen molar-refractivity contribution in [1.29, 1.82) is 0 Å². The van der Waals surface area contributed by atoms with Gasteiger partial charge in [-0.25, -0.2) is 0 Å². The molecule has 0 bridgehead atoms. The number of anilines is 3. The van der Waals surface area contributed by atoms with E-state index < -0.39 is 0 Å². The van der Waals surface area contributed by atoms with Crippen molar-refractivity contribution in [2.24, 2.45) is 0 Å². The molecule has 0 saturated heterocycles. The van der Waals surface area contributed by atoms with Crippen LogP contribution in [0, 0.1) is 0 Å². The third-order valence-electron chi connectivity index (χ3n) is 11.0. The molecule has 0 aliphatic carbocycles. The van der Waals surface area contributed by atoms with Crippen LogP contribution in [-0.2, 0) is 0 Å². The molecule has 0 N–H and O–H groups in total. The van der Waals surface area contributed by atoms with Gasteiger partial charge in [0.1, 0.15) is 0 Å². The lowest BCUT2D eigenvalue weighted by Crippen LogP contribution is -2.10. The van der Waals surface area contributed by atoms with Crippen molar-refractivity contribution in [1.82, 2.24) is 0 Å². The fourth-order valence-electron chi connectivity index (χ4n) is 8.48. The summed E-state index contributed by atoms with van der Waals surface area (Å²) in [6, 6.07) is 73.4. The van der Waals surface area contributed by atoms with Gasteiger partial charge in [-0.2, -0.15) is 0 Å². The van der Waals surface area contributed by atoms with E-state index in [9.17, 15) is 0 Å². The Morgan fingerprint density at radius 3 is 1.59 bits per heavy atom. The molecule has 0 radical (unpaired) electrons. The third-order valence-corrected chi connectivity index (χ3v) is 12.2. The van der Waals surface area contributed by atoms with Crippen molar-refractivity contribution in [3.05, 3.63) is 200 Å². The molecule has 0 amide bonds. The molecule has 1 nitrogen and oxygen atoms in total. The van der Waals surface area contributed by atoms with Crippen LogP contribution < -0.4 is 4.90 Å². The van der Waals surface area contributed by atoms with Crippen molar-refractivity contribution in [3.63, 3.8) is 0 Å². The van der Waals surface area contributed by atoms with Crippen LogP contribution in [0.25, 0.3) is 85.5 Å². The molecule has 0 aliphatic rings. The summed E-state index contributed by atoms with van der Waals surface area (Å²) in [6.45, 7) is 0. The summed E-state index contributed by atoms with van der Waals surface area (Å²) in [5, 5.41) is 12.8. The average molecular weight is 704 g/mol. The zero-order valence-electron chi connectivity index (χ0n) is 29.4. The van der Waals surface area contributed by atoms with Crippen LogP contribution >= 0.6 is 11.3 Å². The fourth-order valence-corrected chi connectivity index (χ4v) is 9.71. The minimum absolute atomic E-state index is 1.12. The Hall–Kier alpha value is -6.74. The maximum Gasteiger partial charge on any atom is 0.0646 e. The van der Waals surface area contributed by atoms with Crippen LogP contribution in [0.3, 0.4) is 0 Å². The third kappa shape index (κ3) is 4.92. The smallest absolute Gasteiger partial charge is 0.0646 e. The normalized spacial score (nSPS) is 11.7. The van der Waals surface area contributed by atoms with Crippen LogP contribution in [0.2, 0.25) is 0 Å². The van der Waals surface area contributed by atoms with E-state index in [0.29, 0.717) is 0 Å². The number of hydrogen-bond acceptors (Lipinski definition) is 2. The van der Waals surface area contributed by atoms with E-state index in [2.05, 4.69) is 205 Å². The highest BCUT2D eigenvalue weighted by atomic mass is 32.1. The van der Waals surface area contributed by atoms with Gasteiger partial charge in [0, 0.05) is 26.8 Å². The zero-order valence-corrected chi connectivity index (χ0v) is 30.2. The molecule has 0 unspecified atom stereocenters. The molecule has 1 aromatic heterocycles. The van der Waals surface area contributed by atoms with Crippen LogP contribution in [0.15, 0.2) is 200 Å². The van der Waals surface area contributed by atoms with E-state index >= 15 is 0 Å². The molecule has 10 aromatic carbocycles. The maximum absolute atomic E-state index is 2.45. The second kappa shape index (κ2) is 12.4. The molecule has 2 heteroatoms. The van der Waals surface area contributed by atoms with Crippen molar-refractivity contribution in [2.75, 3.05) is 4.90 Å². The number of fused-ring (bicyclic) bond motifs is 10. The van der Waals surface area contributed by atoms with Crippen molar-refractivity contribution in [2.45, 2.75) is 0 Å². The van der Waals surface area contributed by atoms with Gasteiger partial charge in [0.25, 0.3) is 0 Å². The van der Waals surface area contributed by atoms with E-state index in [4.69, 9.17) is 0 Å². The Morgan fingerprint density at radius 1 is 0.333 bits per heavy atom. The largest absolute Gasteiger partial charge is 0.309 e. The summed E-state index contributed by atoms with van der Waals surface area (Å²) in [4.78, 5) is 2.45. The summed E-state index contributed by atoms with van der Waals surface area (Å²) >= 11 is 1.88. The summed E-state index contributed by atoms with van der Waals surface area (Å²) in [7, 11) is 0. The zero-order chi connectivity index (χ0) is 35.6. The lowest BCUT2D eigenvalue weighted by Gasteiger charge is -2.27. The summed E-state index contributed by atoms with van der Waals surface area (Å²) in [5.41, 5.74) is 8.31. The average Bonchev–Trinajstić information content (AvgIpc) is 3.64. The highest BCUT2D eigenvalue weighted by Crippen LogP contribution is 2.48. The first kappa shape index (κ1) is 30.8. The fraction of sp³-hybridized carbons (Fsp3) is 0. The quantitative estimate of drug-likeness (QED) is 0.161. The van der Waals surface area contributed by atoms with Gasteiger partial charge in [-0.3, -0.25) is 0 Å². The van der Waals surface area contributed by atoms with Gasteiger partial charge >= 0.3 is 0 Å². The molecule has 0 aliphatic heterocycles. The van der Waals surface area contributed by atoms with Gasteiger partial charge in [0.15, 0.2) is 0 Å². The van der Waals surface area contributed by atoms with E-state index in [-0.39, 0.29) is 0 Å². The predicted molar refractivity (Wildman–Crippen MR) is 235 cm³/mol. The van der Waals surface area contributed by atoms with Gasteiger partial charge in [-0.1, -0.05) is 158 Å². The first-order valence-electron chi connectivity index (χ1n) is 18.5. The summed E-state index contributed by atoms with van der Waals surface area (Å²) in [5.74, 6) is 0. The Labute approximate surface area is 317 Å². The second-order valence-corrected chi connectivity index (χ2v) is 15.1. The molecule has 0 saturated carbocycles. The van der Waals surface area contributed by atoms with Crippen LogP contribution in [0.1, 0.15) is 0 Å². The SMILES string of the molecule is c1ccc(-c2ccc(N(c3ccc(-c4cc5ccccc5c5ccc6ccccc6c45)cc3)c3cc4ccccc4c4c3sc3ccccc34)cc2)cc1. The van der Waals surface area contributed by atoms with Crippen molar-refractivity contribution >= 4 is 91.7 Å². The van der Waals surface area contributed by atoms with E-state index in [0.717, 1.165) is 11.4 Å². The van der Waals surface area contributed by atoms with Crippen LogP contribution in [0.4, 0.5) is 17.1 Å². The molecule has 0 spiro atoms. The van der Waals surface area contributed by atoms with Gasteiger partial charge in [-0.05, 0) is 108 Å². The van der Waals surface area contributed by atoms with Crippen LogP contribution in [-0.4, -0.2) is 0 Å². The Bertz CT molecular complexity index is 3190. The Morgan fingerprint density at radius 2 is 0.870 bits per heavy atom. The van der Waals surface area contributed by atoms with E-state index in [1.165, 1.54) is 91.2 Å². The monoisotopic (exact) mass is 703 g/mol.